The van der Waals surface area contributed by atoms with E-state index in [2.05, 4.69) is 0 Å². The lowest BCUT2D eigenvalue weighted by Gasteiger charge is -2.06. The highest BCUT2D eigenvalue weighted by Gasteiger charge is 2.21. The molecule has 0 aromatic heterocycles. The van der Waals surface area contributed by atoms with E-state index in [0.717, 1.165) is 6.07 Å². The molecular weight excluding hydrogens is 284 g/mol. The van der Waals surface area contributed by atoms with E-state index in [1.165, 1.54) is 0 Å². The summed E-state index contributed by atoms with van der Waals surface area (Å²) in [5, 5.41) is -0.190. The van der Waals surface area contributed by atoms with Crippen LogP contribution in [0.1, 0.15) is 10.4 Å². The molecule has 0 fully saturated rings. The summed E-state index contributed by atoms with van der Waals surface area (Å²) in [6.45, 7) is 0. The number of hydrogen-bond donors (Lipinski definition) is 1. The van der Waals surface area contributed by atoms with Crippen molar-refractivity contribution >= 4 is 58.1 Å². The molecule has 0 bridgehead atoms. The number of carbonyl (C=O) groups is 2. The van der Waals surface area contributed by atoms with Crippen LogP contribution in [0.4, 0.5) is 0 Å². The van der Waals surface area contributed by atoms with Crippen molar-refractivity contribution in [3.05, 3.63) is 31.7 Å². The third kappa shape index (κ3) is 2.37. The zero-order valence-corrected chi connectivity index (χ0v) is 10.0. The predicted molar refractivity (Wildman–Crippen MR) is 60.0 cm³/mol. The highest BCUT2D eigenvalue weighted by molar-refractivity contribution is 6.55. The number of primary amides is 1. The van der Waals surface area contributed by atoms with E-state index < -0.39 is 11.7 Å². The summed E-state index contributed by atoms with van der Waals surface area (Å²) in [4.78, 5) is 21.9. The second kappa shape index (κ2) is 4.58. The van der Waals surface area contributed by atoms with Crippen LogP contribution < -0.4 is 5.73 Å². The average Bonchev–Trinajstić information content (AvgIpc) is 2.19. The van der Waals surface area contributed by atoms with Crippen molar-refractivity contribution in [2.45, 2.75) is 0 Å². The highest BCUT2D eigenvalue weighted by Crippen LogP contribution is 2.38. The fraction of sp³-hybridized carbons (Fsp3) is 0. The second-order valence-electron chi connectivity index (χ2n) is 2.54. The van der Waals surface area contributed by atoms with E-state index in [1.807, 2.05) is 0 Å². The molecule has 0 atom stereocenters. The SMILES string of the molecule is NC(=O)C(=O)c1cc(Cl)c(Cl)c(Cl)c1Cl. The molecule has 1 aromatic rings. The van der Waals surface area contributed by atoms with E-state index in [-0.39, 0.29) is 25.7 Å². The van der Waals surface area contributed by atoms with Gasteiger partial charge in [0.05, 0.1) is 20.1 Å². The first kappa shape index (κ1) is 12.6. The van der Waals surface area contributed by atoms with Gasteiger partial charge in [0, 0.05) is 5.56 Å². The van der Waals surface area contributed by atoms with E-state index in [4.69, 9.17) is 52.1 Å². The molecule has 0 heterocycles. The summed E-state index contributed by atoms with van der Waals surface area (Å²) in [7, 11) is 0. The first-order valence-corrected chi connectivity index (χ1v) is 5.04. The summed E-state index contributed by atoms with van der Waals surface area (Å²) in [5.41, 5.74) is 4.65. The normalized spacial score (nSPS) is 10.1. The Kier molecular flexibility index (Phi) is 3.84. The van der Waals surface area contributed by atoms with Gasteiger partial charge in [-0.15, -0.1) is 0 Å². The van der Waals surface area contributed by atoms with Gasteiger partial charge in [-0.2, -0.15) is 0 Å². The molecule has 0 aliphatic rings. The van der Waals surface area contributed by atoms with Crippen LogP contribution in [0.3, 0.4) is 0 Å². The van der Waals surface area contributed by atoms with Gasteiger partial charge in [0.2, 0.25) is 0 Å². The molecule has 7 heteroatoms. The van der Waals surface area contributed by atoms with Gasteiger partial charge in [-0.3, -0.25) is 9.59 Å². The molecule has 1 rings (SSSR count). The first-order valence-electron chi connectivity index (χ1n) is 3.53. The number of Topliss-reactive ketones (excluding diaryl/α,β-unsaturated/α-hetero) is 1. The molecule has 1 amide bonds. The molecule has 0 aliphatic heterocycles. The van der Waals surface area contributed by atoms with Gasteiger partial charge < -0.3 is 5.73 Å². The van der Waals surface area contributed by atoms with Crippen LogP contribution in [0.2, 0.25) is 20.1 Å². The van der Waals surface area contributed by atoms with Crippen LogP contribution in [0.25, 0.3) is 0 Å². The average molecular weight is 287 g/mol. The Labute approximate surface area is 105 Å². The largest absolute Gasteiger partial charge is 0.363 e. The Bertz CT molecular complexity index is 458. The van der Waals surface area contributed by atoms with Crippen molar-refractivity contribution in [3.8, 4) is 0 Å². The van der Waals surface area contributed by atoms with E-state index >= 15 is 0 Å². The van der Waals surface area contributed by atoms with Crippen molar-refractivity contribution in [2.24, 2.45) is 5.73 Å². The highest BCUT2D eigenvalue weighted by atomic mass is 35.5. The predicted octanol–water partition coefficient (Wildman–Crippen LogP) is 2.97. The second-order valence-corrected chi connectivity index (χ2v) is 4.08. The van der Waals surface area contributed by atoms with Gasteiger partial charge in [-0.25, -0.2) is 0 Å². The van der Waals surface area contributed by atoms with Gasteiger partial charge in [-0.1, -0.05) is 46.4 Å². The molecule has 0 saturated heterocycles. The Hall–Kier alpha value is -0.480. The van der Waals surface area contributed by atoms with Crippen molar-refractivity contribution in [3.63, 3.8) is 0 Å². The molecule has 3 nitrogen and oxygen atoms in total. The molecule has 1 aromatic carbocycles. The Morgan fingerprint density at radius 1 is 1.00 bits per heavy atom. The fourth-order valence-corrected chi connectivity index (χ4v) is 1.76. The monoisotopic (exact) mass is 285 g/mol. The zero-order chi connectivity index (χ0) is 11.7. The maximum Gasteiger partial charge on any atom is 0.289 e. The lowest BCUT2D eigenvalue weighted by molar-refractivity contribution is -0.114. The van der Waals surface area contributed by atoms with Crippen LogP contribution in [-0.2, 0) is 4.79 Å². The van der Waals surface area contributed by atoms with Crippen molar-refractivity contribution in [1.82, 2.24) is 0 Å². The molecule has 0 radical (unpaired) electrons. The van der Waals surface area contributed by atoms with Gasteiger partial charge in [0.15, 0.2) is 0 Å². The van der Waals surface area contributed by atoms with Crippen LogP contribution in [0, 0.1) is 0 Å². The van der Waals surface area contributed by atoms with Crippen LogP contribution in [0.5, 0.6) is 0 Å². The van der Waals surface area contributed by atoms with Crippen LogP contribution >= 0.6 is 46.4 Å². The van der Waals surface area contributed by atoms with Crippen molar-refractivity contribution in [1.29, 1.82) is 0 Å². The van der Waals surface area contributed by atoms with Crippen molar-refractivity contribution < 1.29 is 9.59 Å². The maximum absolute atomic E-state index is 11.3. The number of halogens is 4. The van der Waals surface area contributed by atoms with E-state index in [9.17, 15) is 9.59 Å². The number of nitrogens with two attached hydrogens (primary N) is 1. The summed E-state index contributed by atoms with van der Waals surface area (Å²) >= 11 is 22.7. The fourth-order valence-electron chi connectivity index (χ4n) is 0.871. The van der Waals surface area contributed by atoms with Crippen LogP contribution in [0.15, 0.2) is 6.07 Å². The zero-order valence-electron chi connectivity index (χ0n) is 6.98. The summed E-state index contributed by atoms with van der Waals surface area (Å²) in [5.74, 6) is -2.12. The molecule has 0 spiro atoms. The summed E-state index contributed by atoms with van der Waals surface area (Å²) < 4.78 is 0. The number of carbonyl (C=O) groups excluding carboxylic acids is 2. The molecular formula is C8H3Cl4NO2. The van der Waals surface area contributed by atoms with Gasteiger partial charge in [-0.05, 0) is 6.07 Å². The van der Waals surface area contributed by atoms with Crippen LogP contribution in [-0.4, -0.2) is 11.7 Å². The van der Waals surface area contributed by atoms with Gasteiger partial charge in [0.1, 0.15) is 0 Å². The number of rotatable bonds is 2. The van der Waals surface area contributed by atoms with E-state index in [1.54, 1.807) is 0 Å². The Balaban J connectivity index is 3.45. The standard InChI is InChI=1S/C8H3Cl4NO2/c9-3-1-2(7(14)8(13)15)4(10)6(12)5(3)11/h1H,(H2,13,15). The molecule has 0 saturated carbocycles. The lowest BCUT2D eigenvalue weighted by atomic mass is 10.1. The lowest BCUT2D eigenvalue weighted by Crippen LogP contribution is -2.23. The van der Waals surface area contributed by atoms with E-state index in [0.29, 0.717) is 0 Å². The molecule has 15 heavy (non-hydrogen) atoms. The molecule has 0 unspecified atom stereocenters. The number of ketones is 1. The summed E-state index contributed by atoms with van der Waals surface area (Å²) in [6, 6.07) is 1.14. The Morgan fingerprint density at radius 2 is 1.53 bits per heavy atom. The Morgan fingerprint density at radius 3 is 2.00 bits per heavy atom. The number of amides is 1. The minimum atomic E-state index is -1.15. The number of hydrogen-bond acceptors (Lipinski definition) is 2. The summed E-state index contributed by atoms with van der Waals surface area (Å²) in [6.07, 6.45) is 0. The maximum atomic E-state index is 11.3. The van der Waals surface area contributed by atoms with Crippen molar-refractivity contribution in [2.75, 3.05) is 0 Å². The van der Waals surface area contributed by atoms with Gasteiger partial charge in [0.25, 0.3) is 11.7 Å². The quantitative estimate of drug-likeness (QED) is 0.393. The topological polar surface area (TPSA) is 60.2 Å². The smallest absolute Gasteiger partial charge is 0.289 e. The third-order valence-electron chi connectivity index (χ3n) is 1.57. The molecule has 80 valence electrons. The molecule has 0 aliphatic carbocycles. The minimum Gasteiger partial charge on any atom is -0.363 e. The number of benzene rings is 1. The molecule has 2 N–H and O–H groups in total. The van der Waals surface area contributed by atoms with Gasteiger partial charge >= 0.3 is 0 Å². The first-order chi connectivity index (χ1) is 6.86. The third-order valence-corrected chi connectivity index (χ3v) is 3.32. The minimum absolute atomic E-state index is 0.0179.